The van der Waals surface area contributed by atoms with Gasteiger partial charge in [-0.1, -0.05) is 47.5 Å². The van der Waals surface area contributed by atoms with E-state index in [1.807, 2.05) is 24.3 Å². The summed E-state index contributed by atoms with van der Waals surface area (Å²) in [5, 5.41) is 0.892. The predicted molar refractivity (Wildman–Crippen MR) is 77.4 cm³/mol. The summed E-state index contributed by atoms with van der Waals surface area (Å²) in [6.07, 6.45) is 0. The first-order valence-corrected chi connectivity index (χ1v) is 6.57. The molecule has 94 valence electrons. The number of hydrogen-bond acceptors (Lipinski definition) is 2. The molecule has 0 unspecified atom stereocenters. The van der Waals surface area contributed by atoms with Gasteiger partial charge < -0.3 is 4.90 Å². The van der Waals surface area contributed by atoms with Crippen LogP contribution in [0.5, 0.6) is 0 Å². The van der Waals surface area contributed by atoms with E-state index < -0.39 is 0 Å². The van der Waals surface area contributed by atoms with Gasteiger partial charge in [0.2, 0.25) is 0 Å². The highest BCUT2D eigenvalue weighted by molar-refractivity contribution is 6.32. The highest BCUT2D eigenvalue weighted by atomic mass is 35.5. The molecule has 0 spiro atoms. The molecule has 0 atom stereocenters. The lowest BCUT2D eigenvalue weighted by Crippen LogP contribution is -2.22. The van der Waals surface area contributed by atoms with Crippen molar-refractivity contribution < 1.29 is 0 Å². The molecule has 0 aliphatic heterocycles. The van der Waals surface area contributed by atoms with E-state index in [-0.39, 0.29) is 0 Å². The molecule has 2 rings (SSSR count). The Labute approximate surface area is 117 Å². The number of halogens is 2. The molecule has 18 heavy (non-hydrogen) atoms. The van der Waals surface area contributed by atoms with Crippen molar-refractivity contribution in [1.82, 2.24) is 4.98 Å². The molecule has 1 heterocycles. The van der Waals surface area contributed by atoms with Crippen molar-refractivity contribution in [1.29, 1.82) is 0 Å². The molecular weight excluding hydrogens is 267 g/mol. The fourth-order valence-electron chi connectivity index (χ4n) is 1.79. The highest BCUT2D eigenvalue weighted by Gasteiger charge is 2.08. The fraction of sp³-hybridized carbons (Fsp3) is 0.214. The van der Waals surface area contributed by atoms with Crippen molar-refractivity contribution in [3.63, 3.8) is 0 Å². The van der Waals surface area contributed by atoms with Gasteiger partial charge in [0, 0.05) is 24.3 Å². The molecule has 0 amide bonds. The Hall–Kier alpha value is -1.25. The van der Waals surface area contributed by atoms with Crippen LogP contribution >= 0.6 is 23.2 Å². The molecule has 0 saturated carbocycles. The van der Waals surface area contributed by atoms with Crippen LogP contribution in [0.2, 0.25) is 10.3 Å². The Kier molecular flexibility index (Phi) is 4.45. The topological polar surface area (TPSA) is 16.1 Å². The number of nitrogens with zero attached hydrogens (tertiary/aromatic N) is 2. The molecule has 1 aromatic heterocycles. The smallest absolute Gasteiger partial charge is 0.135 e. The van der Waals surface area contributed by atoms with Gasteiger partial charge in [-0.05, 0) is 25.1 Å². The molecular formula is C14H14Cl2N2. The summed E-state index contributed by atoms with van der Waals surface area (Å²) in [4.78, 5) is 6.29. The van der Waals surface area contributed by atoms with Gasteiger partial charge in [-0.3, -0.25) is 0 Å². The Morgan fingerprint density at radius 1 is 1.06 bits per heavy atom. The molecule has 0 bridgehead atoms. The summed E-state index contributed by atoms with van der Waals surface area (Å²) in [5.41, 5.74) is 2.15. The maximum atomic E-state index is 6.10. The monoisotopic (exact) mass is 280 g/mol. The third-order valence-corrected chi connectivity index (χ3v) is 3.29. The Bertz CT molecular complexity index is 514. The van der Waals surface area contributed by atoms with Crippen molar-refractivity contribution in [3.8, 4) is 0 Å². The summed E-state index contributed by atoms with van der Waals surface area (Å²) < 4.78 is 0. The maximum absolute atomic E-state index is 6.10. The summed E-state index contributed by atoms with van der Waals surface area (Å²) in [6.45, 7) is 3.75. The Morgan fingerprint density at radius 3 is 2.39 bits per heavy atom. The second-order valence-corrected chi connectivity index (χ2v) is 4.68. The Balaban J connectivity index is 2.21. The molecule has 2 nitrogen and oxygen atoms in total. The van der Waals surface area contributed by atoms with Crippen LogP contribution in [-0.2, 0) is 6.54 Å². The zero-order chi connectivity index (χ0) is 13.0. The lowest BCUT2D eigenvalue weighted by atomic mass is 10.2. The molecule has 0 saturated heterocycles. The summed E-state index contributed by atoms with van der Waals surface area (Å²) >= 11 is 11.9. The molecule has 2 aromatic rings. The lowest BCUT2D eigenvalue weighted by molar-refractivity contribution is 0.828. The van der Waals surface area contributed by atoms with E-state index in [0.717, 1.165) is 18.7 Å². The summed E-state index contributed by atoms with van der Waals surface area (Å²) in [7, 11) is 0. The standard InChI is InChI=1S/C14H14Cl2N2/c1-2-18(12-6-4-3-5-7-12)10-11-8-9-13(15)17-14(11)16/h3-9H,2,10H2,1H3. The second kappa shape index (κ2) is 6.07. The van der Waals surface area contributed by atoms with Crippen LogP contribution in [0.4, 0.5) is 5.69 Å². The largest absolute Gasteiger partial charge is 0.367 e. The van der Waals surface area contributed by atoms with E-state index in [9.17, 15) is 0 Å². The normalized spacial score (nSPS) is 10.4. The first-order valence-electron chi connectivity index (χ1n) is 5.81. The van der Waals surface area contributed by atoms with Crippen LogP contribution in [0.15, 0.2) is 42.5 Å². The third kappa shape index (κ3) is 3.15. The van der Waals surface area contributed by atoms with Crippen molar-refractivity contribution in [3.05, 3.63) is 58.3 Å². The SMILES string of the molecule is CCN(Cc1ccc(Cl)nc1Cl)c1ccccc1. The zero-order valence-corrected chi connectivity index (χ0v) is 11.6. The van der Waals surface area contributed by atoms with E-state index in [1.165, 1.54) is 5.69 Å². The number of para-hydroxylation sites is 1. The van der Waals surface area contributed by atoms with E-state index in [4.69, 9.17) is 23.2 Å². The van der Waals surface area contributed by atoms with Gasteiger partial charge in [0.15, 0.2) is 0 Å². The second-order valence-electron chi connectivity index (χ2n) is 3.93. The number of pyridine rings is 1. The molecule has 0 aliphatic carbocycles. The average molecular weight is 281 g/mol. The number of rotatable bonds is 4. The predicted octanol–water partition coefficient (Wildman–Crippen LogP) is 4.41. The van der Waals surface area contributed by atoms with E-state index >= 15 is 0 Å². The first-order chi connectivity index (χ1) is 8.70. The maximum Gasteiger partial charge on any atom is 0.135 e. The van der Waals surface area contributed by atoms with Gasteiger partial charge in [0.05, 0.1) is 0 Å². The quantitative estimate of drug-likeness (QED) is 0.771. The van der Waals surface area contributed by atoms with Crippen LogP contribution in [0.3, 0.4) is 0 Å². The van der Waals surface area contributed by atoms with Crippen molar-refractivity contribution in [2.24, 2.45) is 0 Å². The van der Waals surface area contributed by atoms with Gasteiger partial charge in [-0.25, -0.2) is 4.98 Å². The fourth-order valence-corrected chi connectivity index (χ4v) is 2.19. The van der Waals surface area contributed by atoms with Crippen molar-refractivity contribution >= 4 is 28.9 Å². The molecule has 0 aliphatic rings. The van der Waals surface area contributed by atoms with E-state index in [2.05, 4.69) is 28.9 Å². The molecule has 0 radical (unpaired) electrons. The molecule has 0 N–H and O–H groups in total. The highest BCUT2D eigenvalue weighted by Crippen LogP contribution is 2.21. The number of hydrogen-bond donors (Lipinski definition) is 0. The Morgan fingerprint density at radius 2 is 1.78 bits per heavy atom. The van der Waals surface area contributed by atoms with Gasteiger partial charge in [-0.2, -0.15) is 0 Å². The van der Waals surface area contributed by atoms with Gasteiger partial charge in [0.25, 0.3) is 0 Å². The number of anilines is 1. The van der Waals surface area contributed by atoms with E-state index in [1.54, 1.807) is 6.07 Å². The summed E-state index contributed by atoms with van der Waals surface area (Å²) in [5.74, 6) is 0. The van der Waals surface area contributed by atoms with Crippen LogP contribution in [0, 0.1) is 0 Å². The number of aromatic nitrogens is 1. The first kappa shape index (κ1) is 13.2. The van der Waals surface area contributed by atoms with Crippen molar-refractivity contribution in [2.75, 3.05) is 11.4 Å². The van der Waals surface area contributed by atoms with E-state index in [0.29, 0.717) is 10.3 Å². The van der Waals surface area contributed by atoms with Crippen LogP contribution in [0.25, 0.3) is 0 Å². The van der Waals surface area contributed by atoms with Gasteiger partial charge in [-0.15, -0.1) is 0 Å². The van der Waals surface area contributed by atoms with Crippen LogP contribution < -0.4 is 4.90 Å². The van der Waals surface area contributed by atoms with Crippen LogP contribution in [0.1, 0.15) is 12.5 Å². The average Bonchev–Trinajstić information content (AvgIpc) is 2.39. The minimum atomic E-state index is 0.423. The van der Waals surface area contributed by atoms with Gasteiger partial charge >= 0.3 is 0 Å². The number of benzene rings is 1. The van der Waals surface area contributed by atoms with Crippen molar-refractivity contribution in [2.45, 2.75) is 13.5 Å². The zero-order valence-electron chi connectivity index (χ0n) is 10.1. The lowest BCUT2D eigenvalue weighted by Gasteiger charge is -2.23. The van der Waals surface area contributed by atoms with Crippen LogP contribution in [-0.4, -0.2) is 11.5 Å². The minimum Gasteiger partial charge on any atom is -0.367 e. The summed E-state index contributed by atoms with van der Waals surface area (Å²) in [6, 6.07) is 13.9. The molecule has 0 fully saturated rings. The third-order valence-electron chi connectivity index (χ3n) is 2.76. The van der Waals surface area contributed by atoms with Gasteiger partial charge in [0.1, 0.15) is 10.3 Å². The molecule has 4 heteroatoms. The minimum absolute atomic E-state index is 0.423. The molecule has 1 aromatic carbocycles.